The number of rotatable bonds is 3. The van der Waals surface area contributed by atoms with Crippen molar-refractivity contribution in [3.8, 4) is 0 Å². The van der Waals surface area contributed by atoms with E-state index in [1.54, 1.807) is 11.8 Å². The van der Waals surface area contributed by atoms with Crippen LogP contribution in [0.3, 0.4) is 0 Å². The Morgan fingerprint density at radius 1 is 1.38 bits per heavy atom. The molecule has 112 valence electrons. The number of carbonyl (C=O) groups is 2. The number of para-hydroxylation sites is 1. The Kier molecular flexibility index (Phi) is 5.30. The SMILES string of the molecule is CC(C)C(SC1=Nc2ccccc2CS1)C(=O)NC(N)=O. The molecule has 0 fully saturated rings. The maximum absolute atomic E-state index is 12.0. The lowest BCUT2D eigenvalue weighted by molar-refractivity contribution is -0.120. The van der Waals surface area contributed by atoms with Crippen molar-refractivity contribution in [1.82, 2.24) is 5.32 Å². The minimum atomic E-state index is -0.824. The van der Waals surface area contributed by atoms with Crippen LogP contribution in [0.1, 0.15) is 19.4 Å². The number of primary amides is 1. The molecule has 7 heteroatoms. The third kappa shape index (κ3) is 4.25. The number of nitrogens with zero attached hydrogens (tertiary/aromatic N) is 1. The van der Waals surface area contributed by atoms with Gasteiger partial charge in [-0.25, -0.2) is 9.79 Å². The molecule has 1 aromatic rings. The highest BCUT2D eigenvalue weighted by atomic mass is 32.2. The first-order valence-electron chi connectivity index (χ1n) is 6.53. The number of urea groups is 1. The van der Waals surface area contributed by atoms with Crippen LogP contribution < -0.4 is 11.1 Å². The van der Waals surface area contributed by atoms with Gasteiger partial charge in [-0.3, -0.25) is 10.1 Å². The van der Waals surface area contributed by atoms with E-state index in [1.165, 1.54) is 17.3 Å². The quantitative estimate of drug-likeness (QED) is 0.896. The van der Waals surface area contributed by atoms with Gasteiger partial charge in [0.25, 0.3) is 0 Å². The minimum Gasteiger partial charge on any atom is -0.351 e. The number of hydrogen-bond donors (Lipinski definition) is 2. The fraction of sp³-hybridized carbons (Fsp3) is 0.357. The molecule has 1 unspecified atom stereocenters. The van der Waals surface area contributed by atoms with E-state index in [-0.39, 0.29) is 11.8 Å². The van der Waals surface area contributed by atoms with Crippen molar-refractivity contribution >= 4 is 45.5 Å². The van der Waals surface area contributed by atoms with Gasteiger partial charge >= 0.3 is 6.03 Å². The highest BCUT2D eigenvalue weighted by molar-refractivity contribution is 8.39. The van der Waals surface area contributed by atoms with E-state index in [2.05, 4.69) is 10.3 Å². The van der Waals surface area contributed by atoms with Crippen LogP contribution in [0.4, 0.5) is 10.5 Å². The molecule has 21 heavy (non-hydrogen) atoms. The number of fused-ring (bicyclic) bond motifs is 1. The Morgan fingerprint density at radius 3 is 2.76 bits per heavy atom. The predicted octanol–water partition coefficient (Wildman–Crippen LogP) is 2.87. The molecule has 1 atom stereocenters. The highest BCUT2D eigenvalue weighted by Crippen LogP contribution is 2.37. The van der Waals surface area contributed by atoms with E-state index in [1.807, 2.05) is 38.1 Å². The first-order valence-corrected chi connectivity index (χ1v) is 8.40. The van der Waals surface area contributed by atoms with E-state index in [0.717, 1.165) is 15.8 Å². The molecule has 1 aromatic carbocycles. The topological polar surface area (TPSA) is 84.6 Å². The first kappa shape index (κ1) is 15.9. The van der Waals surface area contributed by atoms with Gasteiger partial charge in [-0.05, 0) is 17.5 Å². The second-order valence-electron chi connectivity index (χ2n) is 4.93. The van der Waals surface area contributed by atoms with E-state index in [0.29, 0.717) is 0 Å². The number of nitrogens with one attached hydrogen (secondary N) is 1. The monoisotopic (exact) mass is 323 g/mol. The molecule has 0 bridgehead atoms. The van der Waals surface area contributed by atoms with E-state index >= 15 is 0 Å². The van der Waals surface area contributed by atoms with E-state index in [9.17, 15) is 9.59 Å². The smallest absolute Gasteiger partial charge is 0.318 e. The maximum atomic E-state index is 12.0. The molecule has 0 saturated heterocycles. The average molecular weight is 323 g/mol. The summed E-state index contributed by atoms with van der Waals surface area (Å²) < 4.78 is 0.840. The molecule has 3 N–H and O–H groups in total. The first-order chi connectivity index (χ1) is 9.97. The molecule has 5 nitrogen and oxygen atoms in total. The van der Waals surface area contributed by atoms with Crippen LogP contribution >= 0.6 is 23.5 Å². The molecule has 0 radical (unpaired) electrons. The molecule has 1 aliphatic rings. The Hall–Kier alpha value is -1.47. The van der Waals surface area contributed by atoms with Gasteiger partial charge in [-0.1, -0.05) is 55.6 Å². The van der Waals surface area contributed by atoms with Crippen LogP contribution in [0.2, 0.25) is 0 Å². The highest BCUT2D eigenvalue weighted by Gasteiger charge is 2.27. The van der Waals surface area contributed by atoms with Crippen molar-refractivity contribution < 1.29 is 9.59 Å². The molecule has 1 aliphatic heterocycles. The summed E-state index contributed by atoms with van der Waals surface area (Å²) in [5.74, 6) is 0.532. The largest absolute Gasteiger partial charge is 0.351 e. The van der Waals surface area contributed by atoms with E-state index in [4.69, 9.17) is 5.73 Å². The summed E-state index contributed by atoms with van der Waals surface area (Å²) in [6.45, 7) is 3.86. The summed E-state index contributed by atoms with van der Waals surface area (Å²) in [5, 5.41) is 1.75. The van der Waals surface area contributed by atoms with Crippen molar-refractivity contribution in [2.24, 2.45) is 16.6 Å². The molecule has 3 amide bonds. The van der Waals surface area contributed by atoms with Crippen LogP contribution in [0.5, 0.6) is 0 Å². The summed E-state index contributed by atoms with van der Waals surface area (Å²) in [6.07, 6.45) is 0. The lowest BCUT2D eigenvalue weighted by Gasteiger charge is -2.21. The van der Waals surface area contributed by atoms with Gasteiger partial charge in [0.05, 0.1) is 10.9 Å². The van der Waals surface area contributed by atoms with Crippen molar-refractivity contribution in [2.45, 2.75) is 24.9 Å². The van der Waals surface area contributed by atoms with Crippen molar-refractivity contribution in [1.29, 1.82) is 0 Å². The number of carbonyl (C=O) groups excluding carboxylic acids is 2. The van der Waals surface area contributed by atoms with E-state index < -0.39 is 11.3 Å². The summed E-state index contributed by atoms with van der Waals surface area (Å²) >= 11 is 2.99. The van der Waals surface area contributed by atoms with Crippen LogP contribution in [-0.2, 0) is 10.5 Å². The van der Waals surface area contributed by atoms with Crippen molar-refractivity contribution in [3.05, 3.63) is 29.8 Å². The van der Waals surface area contributed by atoms with Crippen LogP contribution in [0.25, 0.3) is 0 Å². The molecule has 0 saturated carbocycles. The molecule has 2 rings (SSSR count). The van der Waals surface area contributed by atoms with Crippen LogP contribution in [0.15, 0.2) is 29.3 Å². The minimum absolute atomic E-state index is 0.0646. The van der Waals surface area contributed by atoms with Gasteiger partial charge in [0.15, 0.2) is 0 Å². The number of nitrogens with two attached hydrogens (primary N) is 1. The number of amides is 3. The molecule has 1 heterocycles. The van der Waals surface area contributed by atoms with Crippen molar-refractivity contribution in [3.63, 3.8) is 0 Å². The number of benzene rings is 1. The predicted molar refractivity (Wildman–Crippen MR) is 88.8 cm³/mol. The van der Waals surface area contributed by atoms with Gasteiger partial charge < -0.3 is 5.73 Å². The lowest BCUT2D eigenvalue weighted by atomic mass is 10.1. The Labute approximate surface area is 132 Å². The van der Waals surface area contributed by atoms with Crippen LogP contribution in [0, 0.1) is 5.92 Å². The maximum Gasteiger partial charge on any atom is 0.318 e. The summed E-state index contributed by atoms with van der Waals surface area (Å²) in [4.78, 5) is 27.4. The van der Waals surface area contributed by atoms with Crippen LogP contribution in [-0.4, -0.2) is 21.6 Å². The lowest BCUT2D eigenvalue weighted by Crippen LogP contribution is -2.42. The summed E-state index contributed by atoms with van der Waals surface area (Å²) in [6, 6.07) is 7.12. The number of thioether (sulfide) groups is 2. The molecule has 0 spiro atoms. The zero-order valence-corrected chi connectivity index (χ0v) is 13.5. The number of aliphatic imine (C=N–C) groups is 1. The average Bonchev–Trinajstić information content (AvgIpc) is 2.43. The summed E-state index contributed by atoms with van der Waals surface area (Å²) in [7, 11) is 0. The Bertz CT molecular complexity index is 587. The zero-order valence-electron chi connectivity index (χ0n) is 11.8. The van der Waals surface area contributed by atoms with Gasteiger partial charge in [0.2, 0.25) is 5.91 Å². The van der Waals surface area contributed by atoms with Gasteiger partial charge in [0.1, 0.15) is 4.38 Å². The molecule has 0 aromatic heterocycles. The molecule has 0 aliphatic carbocycles. The Morgan fingerprint density at radius 2 is 2.10 bits per heavy atom. The second-order valence-corrected chi connectivity index (χ2v) is 7.28. The fourth-order valence-corrected chi connectivity index (χ4v) is 4.12. The van der Waals surface area contributed by atoms with Gasteiger partial charge in [-0.2, -0.15) is 0 Å². The second kappa shape index (κ2) is 7.00. The number of hydrogen-bond acceptors (Lipinski definition) is 5. The Balaban J connectivity index is 2.13. The third-order valence-electron chi connectivity index (χ3n) is 2.89. The van der Waals surface area contributed by atoms with Crippen molar-refractivity contribution in [2.75, 3.05) is 0 Å². The molecular weight excluding hydrogens is 306 g/mol. The van der Waals surface area contributed by atoms with Gasteiger partial charge in [-0.15, -0.1) is 0 Å². The molecular formula is C14H17N3O2S2. The number of imide groups is 1. The summed E-state index contributed by atoms with van der Waals surface area (Å²) in [5.41, 5.74) is 7.14. The fourth-order valence-electron chi connectivity index (χ4n) is 1.87. The normalized spacial score (nSPS) is 15.1. The zero-order chi connectivity index (χ0) is 15.4. The standard InChI is InChI=1S/C14H17N3O2S2/c1-8(2)11(12(18)17-13(15)19)21-14-16-10-6-4-3-5-9(10)7-20-14/h3-6,8,11H,7H2,1-2H3,(H3,15,17,18,19). The third-order valence-corrected chi connectivity index (χ3v) is 5.63. The van der Waals surface area contributed by atoms with Gasteiger partial charge in [0, 0.05) is 5.75 Å².